The number of rotatable bonds is 20. The van der Waals surface area contributed by atoms with E-state index in [1.165, 1.54) is 56.0 Å². The molecule has 0 unspecified atom stereocenters. The predicted molar refractivity (Wildman–Crippen MR) is 157 cm³/mol. The third-order valence-electron chi connectivity index (χ3n) is 7.02. The van der Waals surface area contributed by atoms with Crippen LogP contribution in [0.25, 0.3) is 0 Å². The molecule has 0 radical (unpaired) electrons. The van der Waals surface area contributed by atoms with Crippen LogP contribution in [-0.4, -0.2) is 36.5 Å². The van der Waals surface area contributed by atoms with Crippen molar-refractivity contribution >= 4 is 11.8 Å². The van der Waals surface area contributed by atoms with Gasteiger partial charge in [0.05, 0.1) is 13.2 Å². The molecule has 0 bridgehead atoms. The summed E-state index contributed by atoms with van der Waals surface area (Å²) < 4.78 is 14.4. The Kier molecular flexibility index (Phi) is 19.3. The van der Waals surface area contributed by atoms with Crippen molar-refractivity contribution in [3.63, 3.8) is 0 Å². The third kappa shape index (κ3) is 13.0. The van der Waals surface area contributed by atoms with Crippen LogP contribution in [0.2, 0.25) is 0 Å². The molecule has 1 aromatic heterocycles. The Bertz CT molecular complexity index is 998. The summed E-state index contributed by atoms with van der Waals surface area (Å²) in [4.78, 5) is 27.2. The molecule has 2 amide bonds. The summed E-state index contributed by atoms with van der Waals surface area (Å²) >= 11 is 0. The largest absolute Gasteiger partial charge is 1.00 e. The van der Waals surface area contributed by atoms with Crippen molar-refractivity contribution in [3.05, 3.63) is 53.9 Å². The van der Waals surface area contributed by atoms with Gasteiger partial charge in [0.25, 0.3) is 5.91 Å². The summed E-state index contributed by atoms with van der Waals surface area (Å²) in [6, 6.07) is 11.5. The molecule has 0 spiro atoms. The molecule has 0 saturated heterocycles. The zero-order chi connectivity index (χ0) is 28.3. The van der Waals surface area contributed by atoms with Crippen LogP contribution in [0.4, 0.5) is 0 Å². The molecule has 0 aliphatic carbocycles. The number of hydrogen-bond donors (Lipinski definition) is 0. The fourth-order valence-corrected chi connectivity index (χ4v) is 4.67. The number of pyridine rings is 1. The normalized spacial score (nSPS) is 10.6. The van der Waals surface area contributed by atoms with E-state index in [0.29, 0.717) is 43.2 Å². The van der Waals surface area contributed by atoms with Crippen LogP contribution in [0.15, 0.2) is 42.6 Å². The number of amides is 2. The van der Waals surface area contributed by atoms with Crippen LogP contribution < -0.4 is 38.0 Å². The predicted octanol–water partition coefficient (Wildman–Crippen LogP) is 4.32. The molecule has 0 saturated carbocycles. The minimum absolute atomic E-state index is 0. The molecule has 0 aliphatic heterocycles. The highest BCUT2D eigenvalue weighted by Crippen LogP contribution is 2.30. The first-order chi connectivity index (χ1) is 19.0. The van der Waals surface area contributed by atoms with Crippen molar-refractivity contribution in [2.45, 2.75) is 111 Å². The fraction of sp³-hybridized carbons (Fsp3) is 0.606. The summed E-state index contributed by atoms with van der Waals surface area (Å²) in [6.45, 7) is 10.5. The summed E-state index contributed by atoms with van der Waals surface area (Å²) in [6.07, 6.45) is 15.1. The number of aromatic nitrogens is 1. The number of unbranched alkanes of at least 4 members (excludes halogenated alkanes) is 8. The fourth-order valence-electron chi connectivity index (χ4n) is 4.67. The van der Waals surface area contributed by atoms with E-state index in [1.807, 2.05) is 18.2 Å². The molecule has 2 rings (SSSR count). The number of halogens is 1. The third-order valence-corrected chi connectivity index (χ3v) is 7.02. The van der Waals surface area contributed by atoms with Gasteiger partial charge in [-0.05, 0) is 44.4 Å². The lowest BCUT2D eigenvalue weighted by atomic mass is 10.1. The molecule has 6 nitrogen and oxygen atoms in total. The van der Waals surface area contributed by atoms with Crippen LogP contribution in [-0.2, 0) is 17.8 Å². The first-order valence-electron chi connectivity index (χ1n) is 15.2. The van der Waals surface area contributed by atoms with Gasteiger partial charge in [0.1, 0.15) is 6.54 Å². The average Bonchev–Trinajstić information content (AvgIpc) is 2.95. The molecule has 2 aromatic rings. The topological polar surface area (TPSA) is 59.7 Å². The number of imide groups is 1. The first-order valence-corrected chi connectivity index (χ1v) is 15.2. The molecule has 224 valence electrons. The zero-order valence-corrected chi connectivity index (χ0v) is 27.4. The molecule has 0 atom stereocenters. The maximum absolute atomic E-state index is 13.4. The SMILES string of the molecule is CCCCCCCOc1ccc(C(=O)N(CCCc2cccc[n+]2CC)C(C)=O)cc1OCCCCCCC.[I-]. The number of carbonyl (C=O) groups excluding carboxylic acids is 2. The van der Waals surface area contributed by atoms with Crippen molar-refractivity contribution in [1.82, 2.24) is 4.90 Å². The second-order valence-corrected chi connectivity index (χ2v) is 10.2. The van der Waals surface area contributed by atoms with Crippen molar-refractivity contribution in [2.75, 3.05) is 19.8 Å². The molecule has 0 N–H and O–H groups in total. The van der Waals surface area contributed by atoms with Crippen molar-refractivity contribution in [1.29, 1.82) is 0 Å². The highest BCUT2D eigenvalue weighted by Gasteiger charge is 2.22. The van der Waals surface area contributed by atoms with Crippen molar-refractivity contribution in [2.24, 2.45) is 0 Å². The van der Waals surface area contributed by atoms with Crippen LogP contribution in [0, 0.1) is 0 Å². The number of nitrogens with zero attached hydrogens (tertiary/aromatic N) is 2. The lowest BCUT2D eigenvalue weighted by Gasteiger charge is -2.20. The van der Waals surface area contributed by atoms with Crippen molar-refractivity contribution in [3.8, 4) is 11.5 Å². The van der Waals surface area contributed by atoms with E-state index in [4.69, 9.17) is 9.47 Å². The molecule has 0 fully saturated rings. The van der Waals surface area contributed by atoms with Gasteiger partial charge in [-0.15, -0.1) is 0 Å². The number of carbonyl (C=O) groups is 2. The molecular weight excluding hydrogens is 615 g/mol. The van der Waals surface area contributed by atoms with Gasteiger partial charge in [0, 0.05) is 37.6 Å². The van der Waals surface area contributed by atoms with Crippen LogP contribution in [0.5, 0.6) is 11.5 Å². The standard InChI is InChI=1S/C33H51N2O4.HI/c1-5-8-10-12-16-25-38-31-22-21-29(27-32(31)39-26-17-13-11-9-6-2)33(37)35(28(4)36)24-18-20-30-19-14-15-23-34(30)7-3;/h14-15,19,21-23,27H,5-13,16-18,20,24-26H2,1-4H3;1H/q+1;/p-1. The molecule has 1 aromatic carbocycles. The van der Waals surface area contributed by atoms with Gasteiger partial charge < -0.3 is 33.5 Å². The molecule has 7 heteroatoms. The lowest BCUT2D eigenvalue weighted by Crippen LogP contribution is -3.00. The maximum atomic E-state index is 13.4. The number of ether oxygens (including phenoxy) is 2. The quantitative estimate of drug-likeness (QED) is 0.120. The van der Waals surface area contributed by atoms with Gasteiger partial charge in [-0.25, -0.2) is 4.57 Å². The highest BCUT2D eigenvalue weighted by molar-refractivity contribution is 6.04. The number of benzene rings is 1. The van der Waals surface area contributed by atoms with Gasteiger partial charge in [-0.2, -0.15) is 0 Å². The summed E-state index contributed by atoms with van der Waals surface area (Å²) in [5.74, 6) is 0.708. The Balaban J connectivity index is 0.00000800. The van der Waals surface area contributed by atoms with Gasteiger partial charge >= 0.3 is 0 Å². The Hall–Kier alpha value is -2.16. The molecule has 0 aliphatic rings. The van der Waals surface area contributed by atoms with Crippen LogP contribution >= 0.6 is 0 Å². The second kappa shape index (κ2) is 21.6. The Morgan fingerprint density at radius 1 is 0.775 bits per heavy atom. The highest BCUT2D eigenvalue weighted by atomic mass is 127. The smallest absolute Gasteiger partial charge is 0.260 e. The van der Waals surface area contributed by atoms with Gasteiger partial charge in [-0.1, -0.05) is 71.3 Å². The summed E-state index contributed by atoms with van der Waals surface area (Å²) in [5.41, 5.74) is 1.64. The average molecular weight is 667 g/mol. The molecule has 1 heterocycles. The minimum atomic E-state index is -0.294. The summed E-state index contributed by atoms with van der Waals surface area (Å²) in [5, 5.41) is 0. The van der Waals surface area contributed by atoms with E-state index >= 15 is 0 Å². The minimum Gasteiger partial charge on any atom is -1.00 e. The van der Waals surface area contributed by atoms with Gasteiger partial charge in [0.2, 0.25) is 5.91 Å². The lowest BCUT2D eigenvalue weighted by molar-refractivity contribution is -0.700. The van der Waals surface area contributed by atoms with E-state index in [9.17, 15) is 9.59 Å². The Morgan fingerprint density at radius 3 is 2.00 bits per heavy atom. The Morgan fingerprint density at radius 2 is 1.40 bits per heavy atom. The van der Waals surface area contributed by atoms with E-state index < -0.39 is 0 Å². The van der Waals surface area contributed by atoms with Crippen LogP contribution in [0.1, 0.15) is 114 Å². The number of aryl methyl sites for hydroxylation is 2. The van der Waals surface area contributed by atoms with Crippen LogP contribution in [0.3, 0.4) is 0 Å². The monoisotopic (exact) mass is 666 g/mol. The summed E-state index contributed by atoms with van der Waals surface area (Å²) in [7, 11) is 0. The Labute approximate surface area is 259 Å². The van der Waals surface area contributed by atoms with Crippen molar-refractivity contribution < 1.29 is 47.6 Å². The maximum Gasteiger partial charge on any atom is 0.260 e. The number of hydrogen-bond acceptors (Lipinski definition) is 4. The first kappa shape index (κ1) is 35.9. The van der Waals surface area contributed by atoms with E-state index in [2.05, 4.69) is 37.6 Å². The zero-order valence-electron chi connectivity index (χ0n) is 25.3. The van der Waals surface area contributed by atoms with E-state index in [1.54, 1.807) is 12.1 Å². The van der Waals surface area contributed by atoms with Gasteiger partial charge in [-0.3, -0.25) is 14.5 Å². The van der Waals surface area contributed by atoms with E-state index in [0.717, 1.165) is 38.6 Å². The van der Waals surface area contributed by atoms with E-state index in [-0.39, 0.29) is 35.8 Å². The molecule has 40 heavy (non-hydrogen) atoms. The van der Waals surface area contributed by atoms with Gasteiger partial charge in [0.15, 0.2) is 23.4 Å². The second-order valence-electron chi connectivity index (χ2n) is 10.2. The molecular formula is C33H51IN2O4.